The van der Waals surface area contributed by atoms with Crippen molar-refractivity contribution in [3.8, 4) is 0 Å². The fourth-order valence-electron chi connectivity index (χ4n) is 3.63. The van der Waals surface area contributed by atoms with Crippen molar-refractivity contribution in [1.82, 2.24) is 14.5 Å². The molecule has 146 valence electrons. The van der Waals surface area contributed by atoms with Crippen LogP contribution in [0.4, 0.5) is 0 Å². The van der Waals surface area contributed by atoms with Crippen molar-refractivity contribution in [2.45, 2.75) is 37.4 Å². The Bertz CT molecular complexity index is 1090. The molecule has 0 N–H and O–H groups in total. The minimum atomic E-state index is -0.00571. The molecule has 2 aromatic heterocycles. The quantitative estimate of drug-likeness (QED) is 0.472. The summed E-state index contributed by atoms with van der Waals surface area (Å²) in [6.45, 7) is 2.02. The van der Waals surface area contributed by atoms with Crippen molar-refractivity contribution in [3.05, 3.63) is 56.7 Å². The summed E-state index contributed by atoms with van der Waals surface area (Å²) in [4.78, 5) is 34.1. The summed E-state index contributed by atoms with van der Waals surface area (Å²) in [5, 5.41) is 1.39. The van der Waals surface area contributed by atoms with E-state index >= 15 is 0 Å². The maximum Gasteiger partial charge on any atom is 0.262 e. The highest BCUT2D eigenvalue weighted by atomic mass is 32.2. The molecule has 1 aliphatic carbocycles. The summed E-state index contributed by atoms with van der Waals surface area (Å²) in [7, 11) is 3.57. The molecule has 0 fully saturated rings. The summed E-state index contributed by atoms with van der Waals surface area (Å²) in [5.41, 5.74) is 2.30. The average Bonchev–Trinajstić information content (AvgIpc) is 3.29. The molecule has 0 saturated carbocycles. The highest BCUT2D eigenvalue weighted by Crippen LogP contribution is 2.35. The van der Waals surface area contributed by atoms with Gasteiger partial charge in [-0.3, -0.25) is 14.2 Å². The summed E-state index contributed by atoms with van der Waals surface area (Å²) >= 11 is 2.97. The molecule has 1 aromatic carbocycles. The predicted molar refractivity (Wildman–Crippen MR) is 115 cm³/mol. The Kier molecular flexibility index (Phi) is 5.29. The molecule has 0 unspecified atom stereocenters. The lowest BCUT2D eigenvalue weighted by Gasteiger charge is -2.25. The number of carbonyl (C=O) groups is 1. The van der Waals surface area contributed by atoms with Gasteiger partial charge in [0.1, 0.15) is 4.83 Å². The van der Waals surface area contributed by atoms with Gasteiger partial charge in [0.15, 0.2) is 5.16 Å². The van der Waals surface area contributed by atoms with Crippen molar-refractivity contribution in [1.29, 1.82) is 0 Å². The zero-order valence-electron chi connectivity index (χ0n) is 16.3. The van der Waals surface area contributed by atoms with Gasteiger partial charge in [0.2, 0.25) is 5.91 Å². The molecule has 1 amide bonds. The number of nitrogens with zero attached hydrogens (tertiary/aromatic N) is 3. The van der Waals surface area contributed by atoms with Crippen LogP contribution in [0.25, 0.3) is 10.2 Å². The van der Waals surface area contributed by atoms with Crippen molar-refractivity contribution in [3.63, 3.8) is 0 Å². The topological polar surface area (TPSA) is 55.2 Å². The van der Waals surface area contributed by atoms with Crippen LogP contribution in [0.2, 0.25) is 0 Å². The first-order chi connectivity index (χ1) is 13.5. The Hall–Kier alpha value is -2.12. The fraction of sp³-hybridized carbons (Fsp3) is 0.381. The number of aryl methyl sites for hydroxylation is 2. The Balaban J connectivity index is 1.52. The van der Waals surface area contributed by atoms with Gasteiger partial charge in [-0.25, -0.2) is 4.98 Å². The number of benzene rings is 1. The van der Waals surface area contributed by atoms with Crippen molar-refractivity contribution >= 4 is 39.2 Å². The number of hydrogen-bond donors (Lipinski definition) is 0. The first-order valence-electron chi connectivity index (χ1n) is 9.42. The summed E-state index contributed by atoms with van der Waals surface area (Å²) < 4.78 is 1.59. The van der Waals surface area contributed by atoms with E-state index < -0.39 is 0 Å². The molecule has 0 aliphatic heterocycles. The van der Waals surface area contributed by atoms with E-state index in [0.29, 0.717) is 5.16 Å². The minimum Gasteiger partial charge on any atom is -0.338 e. The third-order valence-electron chi connectivity index (χ3n) is 5.49. The fourth-order valence-corrected chi connectivity index (χ4v) is 5.83. The number of fused-ring (bicyclic) bond motifs is 3. The molecular weight excluding hydrogens is 390 g/mol. The Morgan fingerprint density at radius 1 is 1.32 bits per heavy atom. The van der Waals surface area contributed by atoms with Gasteiger partial charge in [0, 0.05) is 19.0 Å². The molecule has 1 atom stereocenters. The lowest BCUT2D eigenvalue weighted by atomic mass is 10.1. The smallest absolute Gasteiger partial charge is 0.262 e. The van der Waals surface area contributed by atoms with Crippen molar-refractivity contribution in [2.24, 2.45) is 7.05 Å². The normalized spacial score (nSPS) is 14.2. The van der Waals surface area contributed by atoms with Gasteiger partial charge in [-0.15, -0.1) is 11.3 Å². The Labute approximate surface area is 172 Å². The van der Waals surface area contributed by atoms with Crippen LogP contribution in [0.3, 0.4) is 0 Å². The van der Waals surface area contributed by atoms with E-state index in [1.165, 1.54) is 22.2 Å². The summed E-state index contributed by atoms with van der Waals surface area (Å²) in [5.74, 6) is 0.272. The third-order valence-corrected chi connectivity index (χ3v) is 7.69. The Morgan fingerprint density at radius 2 is 2.07 bits per heavy atom. The molecule has 0 saturated heterocycles. The highest BCUT2D eigenvalue weighted by Gasteiger charge is 2.23. The second kappa shape index (κ2) is 7.72. The molecule has 2 heterocycles. The molecule has 4 rings (SSSR count). The number of thioether (sulfide) groups is 1. The van der Waals surface area contributed by atoms with Crippen LogP contribution < -0.4 is 5.56 Å². The first kappa shape index (κ1) is 19.2. The number of hydrogen-bond acceptors (Lipinski definition) is 5. The second-order valence-corrected chi connectivity index (χ2v) is 9.20. The number of carbonyl (C=O) groups excluding carboxylic acids is 1. The summed E-state index contributed by atoms with van der Waals surface area (Å²) in [6.07, 6.45) is 3.14. The standard InChI is InChI=1S/C21H23N3O2S2/c1-13(14-8-5-4-6-9-14)23(2)17(25)12-27-21-22-19-18(20(26)24(21)3)15-10-7-11-16(15)28-19/h4-6,8-9,13H,7,10-12H2,1-3H3/t13-/m0/s1. The monoisotopic (exact) mass is 413 g/mol. The molecule has 0 radical (unpaired) electrons. The largest absolute Gasteiger partial charge is 0.338 e. The van der Waals surface area contributed by atoms with E-state index in [9.17, 15) is 9.59 Å². The van der Waals surface area contributed by atoms with Crippen LogP contribution in [0.1, 0.15) is 35.4 Å². The Morgan fingerprint density at radius 3 is 2.82 bits per heavy atom. The van der Waals surface area contributed by atoms with E-state index in [1.807, 2.05) is 44.3 Å². The number of thiophene rings is 1. The van der Waals surface area contributed by atoms with Gasteiger partial charge in [0.05, 0.1) is 17.2 Å². The van der Waals surface area contributed by atoms with E-state index in [-0.39, 0.29) is 23.3 Å². The third kappa shape index (κ3) is 3.37. The molecule has 0 bridgehead atoms. The van der Waals surface area contributed by atoms with Crippen LogP contribution in [-0.4, -0.2) is 33.2 Å². The van der Waals surface area contributed by atoms with E-state index in [2.05, 4.69) is 0 Å². The molecule has 28 heavy (non-hydrogen) atoms. The lowest BCUT2D eigenvalue weighted by molar-refractivity contribution is -0.128. The second-order valence-electron chi connectivity index (χ2n) is 7.18. The van der Waals surface area contributed by atoms with Gasteiger partial charge in [-0.2, -0.15) is 0 Å². The number of amides is 1. The molecular formula is C21H23N3O2S2. The van der Waals surface area contributed by atoms with E-state index in [4.69, 9.17) is 4.98 Å². The molecule has 3 aromatic rings. The van der Waals surface area contributed by atoms with Gasteiger partial charge >= 0.3 is 0 Å². The zero-order valence-corrected chi connectivity index (χ0v) is 17.9. The molecule has 5 nitrogen and oxygen atoms in total. The van der Waals surface area contributed by atoms with Crippen molar-refractivity contribution < 1.29 is 4.79 Å². The van der Waals surface area contributed by atoms with E-state index in [1.54, 1.807) is 27.9 Å². The highest BCUT2D eigenvalue weighted by molar-refractivity contribution is 7.99. The molecule has 7 heteroatoms. The molecule has 1 aliphatic rings. The lowest BCUT2D eigenvalue weighted by Crippen LogP contribution is -2.31. The van der Waals surface area contributed by atoms with E-state index in [0.717, 1.165) is 35.0 Å². The van der Waals surface area contributed by atoms with Crippen LogP contribution in [-0.2, 0) is 24.7 Å². The maximum absolute atomic E-state index is 12.9. The zero-order chi connectivity index (χ0) is 19.8. The minimum absolute atomic E-state index is 0.00496. The summed E-state index contributed by atoms with van der Waals surface area (Å²) in [6, 6.07) is 9.97. The molecule has 0 spiro atoms. The van der Waals surface area contributed by atoms with Gasteiger partial charge in [0.25, 0.3) is 5.56 Å². The maximum atomic E-state index is 12.9. The van der Waals surface area contributed by atoms with Crippen LogP contribution in [0.15, 0.2) is 40.3 Å². The van der Waals surface area contributed by atoms with Crippen LogP contribution in [0.5, 0.6) is 0 Å². The van der Waals surface area contributed by atoms with Gasteiger partial charge < -0.3 is 4.90 Å². The number of aromatic nitrogens is 2. The van der Waals surface area contributed by atoms with Gasteiger partial charge in [-0.05, 0) is 37.3 Å². The van der Waals surface area contributed by atoms with Crippen LogP contribution in [0, 0.1) is 0 Å². The first-order valence-corrected chi connectivity index (χ1v) is 11.2. The van der Waals surface area contributed by atoms with Crippen molar-refractivity contribution in [2.75, 3.05) is 12.8 Å². The van der Waals surface area contributed by atoms with Crippen LogP contribution >= 0.6 is 23.1 Å². The SMILES string of the molecule is C[C@@H](c1ccccc1)N(C)C(=O)CSc1nc2sc3c(c2c(=O)n1C)CCC3. The average molecular weight is 414 g/mol. The predicted octanol–water partition coefficient (Wildman–Crippen LogP) is 3.80. The number of rotatable bonds is 5. The van der Waals surface area contributed by atoms with Gasteiger partial charge in [-0.1, -0.05) is 42.1 Å².